The van der Waals surface area contributed by atoms with Gasteiger partial charge >= 0.3 is 0 Å². The summed E-state index contributed by atoms with van der Waals surface area (Å²) in [6.45, 7) is 2.71. The maximum Gasteiger partial charge on any atom is 0.220 e. The average Bonchev–Trinajstić information content (AvgIpc) is 2.87. The molecule has 0 saturated carbocycles. The van der Waals surface area contributed by atoms with Crippen molar-refractivity contribution in [2.75, 3.05) is 0 Å². The van der Waals surface area contributed by atoms with E-state index >= 15 is 0 Å². The minimum atomic E-state index is 0.0832. The third-order valence-corrected chi connectivity index (χ3v) is 3.83. The molecule has 110 valence electrons. The second-order valence-corrected chi connectivity index (χ2v) is 5.40. The Morgan fingerprint density at radius 2 is 2.33 bits per heavy atom. The molecule has 0 radical (unpaired) electrons. The molecule has 2 aromatic heterocycles. The minimum Gasteiger partial charge on any atom is -0.352 e. The van der Waals surface area contributed by atoms with Crippen LogP contribution < -0.4 is 5.32 Å². The highest BCUT2D eigenvalue weighted by atomic mass is 16.1. The highest BCUT2D eigenvalue weighted by molar-refractivity contribution is 5.76. The molecule has 3 rings (SSSR count). The quantitative estimate of drug-likeness (QED) is 0.911. The lowest BCUT2D eigenvalue weighted by Gasteiger charge is -2.24. The van der Waals surface area contributed by atoms with Crippen molar-refractivity contribution >= 4 is 5.91 Å². The molecular weight excluding hydrogens is 266 g/mol. The second kappa shape index (κ2) is 6.03. The zero-order chi connectivity index (χ0) is 14.7. The first-order valence-electron chi connectivity index (χ1n) is 7.30. The fraction of sp³-hybridized carbons (Fsp3) is 0.467. The number of nitrogens with one attached hydrogen (secondary N) is 1. The third kappa shape index (κ3) is 3.26. The summed E-state index contributed by atoms with van der Waals surface area (Å²) >= 11 is 0. The number of carbonyl (C=O) groups excluding carboxylic acids is 1. The summed E-state index contributed by atoms with van der Waals surface area (Å²) in [5.74, 6) is 2.02. The van der Waals surface area contributed by atoms with Crippen LogP contribution in [0, 0.1) is 6.92 Å². The van der Waals surface area contributed by atoms with Crippen LogP contribution in [0.3, 0.4) is 0 Å². The topological polar surface area (TPSA) is 72.7 Å². The van der Waals surface area contributed by atoms with Gasteiger partial charge in [0.25, 0.3) is 0 Å². The first-order valence-corrected chi connectivity index (χ1v) is 7.30. The maximum atomic E-state index is 12.0. The van der Waals surface area contributed by atoms with Gasteiger partial charge in [0, 0.05) is 37.3 Å². The van der Waals surface area contributed by atoms with Gasteiger partial charge in [-0.05, 0) is 31.9 Å². The van der Waals surface area contributed by atoms with Crippen LogP contribution in [0.5, 0.6) is 0 Å². The SMILES string of the molecule is Cc1nnc2n1CC(NC(=O)CCc1ccccn1)CC2. The van der Waals surface area contributed by atoms with Gasteiger partial charge < -0.3 is 9.88 Å². The van der Waals surface area contributed by atoms with E-state index in [9.17, 15) is 4.79 Å². The number of amides is 1. The van der Waals surface area contributed by atoms with E-state index in [2.05, 4.69) is 25.1 Å². The number of aromatic nitrogens is 4. The van der Waals surface area contributed by atoms with Crippen molar-refractivity contribution < 1.29 is 4.79 Å². The van der Waals surface area contributed by atoms with Crippen LogP contribution in [0.25, 0.3) is 0 Å². The Morgan fingerprint density at radius 1 is 1.43 bits per heavy atom. The number of fused-ring (bicyclic) bond motifs is 1. The lowest BCUT2D eigenvalue weighted by molar-refractivity contribution is -0.122. The van der Waals surface area contributed by atoms with Crippen molar-refractivity contribution in [3.63, 3.8) is 0 Å². The average molecular weight is 285 g/mol. The first kappa shape index (κ1) is 13.7. The van der Waals surface area contributed by atoms with E-state index in [1.54, 1.807) is 6.20 Å². The molecule has 2 aromatic rings. The van der Waals surface area contributed by atoms with Crippen LogP contribution in [-0.4, -0.2) is 31.7 Å². The number of hydrogen-bond donors (Lipinski definition) is 1. The monoisotopic (exact) mass is 285 g/mol. The standard InChI is InChI=1S/C15H19N5O/c1-11-18-19-14-7-5-13(10-20(11)14)17-15(21)8-6-12-4-2-3-9-16-12/h2-4,9,13H,5-8,10H2,1H3,(H,17,21). The van der Waals surface area contributed by atoms with Crippen LogP contribution >= 0.6 is 0 Å². The highest BCUT2D eigenvalue weighted by Crippen LogP contribution is 2.14. The Bertz CT molecular complexity index is 622. The molecule has 0 spiro atoms. The predicted molar refractivity (Wildman–Crippen MR) is 77.6 cm³/mol. The van der Waals surface area contributed by atoms with Crippen LogP contribution in [0.1, 0.15) is 30.2 Å². The van der Waals surface area contributed by atoms with Gasteiger partial charge in [0.05, 0.1) is 0 Å². The Kier molecular flexibility index (Phi) is 3.94. The summed E-state index contributed by atoms with van der Waals surface area (Å²) in [5, 5.41) is 11.3. The minimum absolute atomic E-state index is 0.0832. The van der Waals surface area contributed by atoms with Crippen molar-refractivity contribution in [1.29, 1.82) is 0 Å². The maximum absolute atomic E-state index is 12.0. The molecule has 6 nitrogen and oxygen atoms in total. The van der Waals surface area contributed by atoms with Crippen molar-refractivity contribution in [2.24, 2.45) is 0 Å². The van der Waals surface area contributed by atoms with Gasteiger partial charge in [0.1, 0.15) is 11.6 Å². The number of rotatable bonds is 4. The molecule has 0 aliphatic carbocycles. The van der Waals surface area contributed by atoms with E-state index in [1.807, 2.05) is 25.1 Å². The zero-order valence-electron chi connectivity index (χ0n) is 12.1. The molecule has 6 heteroatoms. The van der Waals surface area contributed by atoms with E-state index in [4.69, 9.17) is 0 Å². The molecule has 1 N–H and O–H groups in total. The molecule has 1 atom stereocenters. The highest BCUT2D eigenvalue weighted by Gasteiger charge is 2.22. The molecule has 1 aliphatic heterocycles. The second-order valence-electron chi connectivity index (χ2n) is 5.40. The summed E-state index contributed by atoms with van der Waals surface area (Å²) in [7, 11) is 0. The van der Waals surface area contributed by atoms with Crippen molar-refractivity contribution in [1.82, 2.24) is 25.1 Å². The molecule has 0 bridgehead atoms. The lowest BCUT2D eigenvalue weighted by Crippen LogP contribution is -2.41. The summed E-state index contributed by atoms with van der Waals surface area (Å²) in [5.41, 5.74) is 0.952. The first-order chi connectivity index (χ1) is 10.2. The Hall–Kier alpha value is -2.24. The van der Waals surface area contributed by atoms with Gasteiger partial charge in [-0.15, -0.1) is 10.2 Å². The Labute approximate surface area is 123 Å². The van der Waals surface area contributed by atoms with Gasteiger partial charge in [-0.3, -0.25) is 9.78 Å². The molecular formula is C15H19N5O. The van der Waals surface area contributed by atoms with E-state index in [0.29, 0.717) is 12.8 Å². The molecule has 21 heavy (non-hydrogen) atoms. The summed E-state index contributed by atoms with van der Waals surface area (Å²) in [6, 6.07) is 5.94. The number of nitrogens with zero attached hydrogens (tertiary/aromatic N) is 4. The number of pyridine rings is 1. The normalized spacial score (nSPS) is 17.3. The summed E-state index contributed by atoms with van der Waals surface area (Å²) in [6.07, 6.45) is 4.70. The largest absolute Gasteiger partial charge is 0.352 e. The fourth-order valence-corrected chi connectivity index (χ4v) is 2.67. The fourth-order valence-electron chi connectivity index (χ4n) is 2.67. The van der Waals surface area contributed by atoms with Crippen molar-refractivity contribution in [3.8, 4) is 0 Å². The molecule has 1 aliphatic rings. The zero-order valence-corrected chi connectivity index (χ0v) is 12.1. The van der Waals surface area contributed by atoms with E-state index in [-0.39, 0.29) is 11.9 Å². The Balaban J connectivity index is 1.51. The molecule has 0 fully saturated rings. The van der Waals surface area contributed by atoms with E-state index in [1.165, 1.54) is 0 Å². The van der Waals surface area contributed by atoms with Crippen LogP contribution in [0.2, 0.25) is 0 Å². The molecule has 1 unspecified atom stereocenters. The van der Waals surface area contributed by atoms with Gasteiger partial charge in [-0.1, -0.05) is 6.07 Å². The third-order valence-electron chi connectivity index (χ3n) is 3.83. The van der Waals surface area contributed by atoms with Crippen molar-refractivity contribution in [3.05, 3.63) is 41.7 Å². The number of hydrogen-bond acceptors (Lipinski definition) is 4. The van der Waals surface area contributed by atoms with E-state index in [0.717, 1.165) is 36.7 Å². The Morgan fingerprint density at radius 3 is 3.14 bits per heavy atom. The number of aryl methyl sites for hydroxylation is 3. The molecule has 0 aromatic carbocycles. The summed E-state index contributed by atoms with van der Waals surface area (Å²) < 4.78 is 2.09. The van der Waals surface area contributed by atoms with E-state index < -0.39 is 0 Å². The molecule has 0 saturated heterocycles. The predicted octanol–water partition coefficient (Wildman–Crippen LogP) is 1.05. The van der Waals surface area contributed by atoms with Gasteiger partial charge in [-0.25, -0.2) is 0 Å². The van der Waals surface area contributed by atoms with Crippen LogP contribution in [0.4, 0.5) is 0 Å². The van der Waals surface area contributed by atoms with Crippen molar-refractivity contribution in [2.45, 2.75) is 45.2 Å². The van der Waals surface area contributed by atoms with Crippen LogP contribution in [0.15, 0.2) is 24.4 Å². The van der Waals surface area contributed by atoms with Gasteiger partial charge in [0.15, 0.2) is 0 Å². The van der Waals surface area contributed by atoms with Crippen LogP contribution in [-0.2, 0) is 24.2 Å². The molecule has 3 heterocycles. The van der Waals surface area contributed by atoms with Gasteiger partial charge in [-0.2, -0.15) is 0 Å². The number of carbonyl (C=O) groups is 1. The molecule has 1 amide bonds. The smallest absolute Gasteiger partial charge is 0.220 e. The van der Waals surface area contributed by atoms with Gasteiger partial charge in [0.2, 0.25) is 5.91 Å². The summed E-state index contributed by atoms with van der Waals surface area (Å²) in [4.78, 5) is 16.3. The lowest BCUT2D eigenvalue weighted by atomic mass is 10.1.